The minimum absolute atomic E-state index is 0.0212. The number of anilines is 2. The van der Waals surface area contributed by atoms with Crippen LogP contribution in [0, 0.1) is 18.6 Å². The van der Waals surface area contributed by atoms with Crippen molar-refractivity contribution in [3.8, 4) is 17.0 Å². The van der Waals surface area contributed by atoms with Gasteiger partial charge in [0.05, 0.1) is 12.8 Å². The molecule has 1 aromatic heterocycles. The zero-order chi connectivity index (χ0) is 20.8. The highest BCUT2D eigenvalue weighted by Gasteiger charge is 2.14. The van der Waals surface area contributed by atoms with E-state index in [1.807, 2.05) is 19.1 Å². The number of ether oxygens (including phenoxy) is 1. The van der Waals surface area contributed by atoms with E-state index < -0.39 is 11.6 Å². The first kappa shape index (κ1) is 20.8. The molecule has 0 unspecified atom stereocenters. The predicted octanol–water partition coefficient (Wildman–Crippen LogP) is 5.24. The Morgan fingerprint density at radius 2 is 1.97 bits per heavy atom. The van der Waals surface area contributed by atoms with Crippen LogP contribution in [0.3, 0.4) is 0 Å². The van der Waals surface area contributed by atoms with Crippen LogP contribution in [0.4, 0.5) is 20.2 Å². The van der Waals surface area contributed by atoms with E-state index in [9.17, 15) is 8.78 Å². The van der Waals surface area contributed by atoms with Gasteiger partial charge in [-0.3, -0.25) is 0 Å². The average Bonchev–Trinajstić information content (AvgIpc) is 2.66. The van der Waals surface area contributed by atoms with Crippen LogP contribution in [0.1, 0.15) is 18.4 Å². The number of nitrogen functional groups attached to an aromatic ring is 1. The number of nitrogens with two attached hydrogens (primary N) is 1. The Morgan fingerprint density at radius 3 is 2.76 bits per heavy atom. The smallest absolute Gasteiger partial charge is 0.223 e. The van der Waals surface area contributed by atoms with Crippen LogP contribution in [0.5, 0.6) is 5.75 Å². The Balaban J connectivity index is 1.57. The Kier molecular flexibility index (Phi) is 6.82. The van der Waals surface area contributed by atoms with E-state index in [1.165, 1.54) is 18.2 Å². The number of halogens is 3. The molecule has 0 atom stereocenters. The van der Waals surface area contributed by atoms with Crippen molar-refractivity contribution >= 4 is 23.0 Å². The molecule has 3 rings (SSSR count). The second-order valence-corrected chi connectivity index (χ2v) is 6.93. The van der Waals surface area contributed by atoms with Crippen LogP contribution in [-0.4, -0.2) is 23.1 Å². The maximum absolute atomic E-state index is 14.1. The van der Waals surface area contributed by atoms with Crippen LogP contribution in [0.15, 0.2) is 42.6 Å². The second-order valence-electron chi connectivity index (χ2n) is 6.59. The molecule has 0 saturated heterocycles. The van der Waals surface area contributed by atoms with Gasteiger partial charge in [0.25, 0.3) is 0 Å². The molecule has 1 heterocycles. The largest absolute Gasteiger partial charge is 0.494 e. The number of aryl methyl sites for hydroxylation is 1. The lowest BCUT2D eigenvalue weighted by Gasteiger charge is -2.13. The molecule has 0 aliphatic carbocycles. The third-order valence-corrected chi connectivity index (χ3v) is 4.36. The van der Waals surface area contributed by atoms with Crippen LogP contribution in [0.25, 0.3) is 11.3 Å². The summed E-state index contributed by atoms with van der Waals surface area (Å²) in [6, 6.07) is 9.60. The van der Waals surface area contributed by atoms with Crippen molar-refractivity contribution in [3.63, 3.8) is 0 Å². The monoisotopic (exact) mass is 418 g/mol. The van der Waals surface area contributed by atoms with Gasteiger partial charge >= 0.3 is 0 Å². The normalized spacial score (nSPS) is 10.8. The van der Waals surface area contributed by atoms with E-state index in [0.717, 1.165) is 30.4 Å². The van der Waals surface area contributed by atoms with Gasteiger partial charge in [-0.15, -0.1) is 0 Å². The zero-order valence-electron chi connectivity index (χ0n) is 15.9. The molecule has 152 valence electrons. The van der Waals surface area contributed by atoms with Gasteiger partial charge < -0.3 is 15.8 Å². The van der Waals surface area contributed by atoms with Crippen molar-refractivity contribution < 1.29 is 13.5 Å². The van der Waals surface area contributed by atoms with E-state index in [4.69, 9.17) is 22.1 Å². The zero-order valence-corrected chi connectivity index (χ0v) is 16.6. The van der Waals surface area contributed by atoms with Gasteiger partial charge in [-0.25, -0.2) is 18.7 Å². The Hall–Kier alpha value is -2.93. The fourth-order valence-electron chi connectivity index (χ4n) is 2.90. The van der Waals surface area contributed by atoms with Crippen LogP contribution < -0.4 is 15.8 Å². The summed E-state index contributed by atoms with van der Waals surface area (Å²) in [6.45, 7) is 3.03. The van der Waals surface area contributed by atoms with E-state index in [1.54, 1.807) is 6.07 Å². The number of rotatable bonds is 8. The lowest BCUT2D eigenvalue weighted by molar-refractivity contribution is 0.308. The van der Waals surface area contributed by atoms with Gasteiger partial charge in [-0.1, -0.05) is 0 Å². The summed E-state index contributed by atoms with van der Waals surface area (Å²) in [4.78, 5) is 7.53. The molecule has 0 aliphatic heterocycles. The second kappa shape index (κ2) is 9.52. The Morgan fingerprint density at radius 1 is 1.14 bits per heavy atom. The lowest BCUT2D eigenvalue weighted by atomic mass is 10.1. The fourth-order valence-corrected chi connectivity index (χ4v) is 3.04. The quantitative estimate of drug-likeness (QED) is 0.297. The summed E-state index contributed by atoms with van der Waals surface area (Å²) in [5.74, 6) is -0.328. The summed E-state index contributed by atoms with van der Waals surface area (Å²) < 4.78 is 33.5. The van der Waals surface area contributed by atoms with E-state index >= 15 is 0 Å². The third kappa shape index (κ3) is 5.77. The topological polar surface area (TPSA) is 73.1 Å². The average molecular weight is 419 g/mol. The van der Waals surface area contributed by atoms with Crippen LogP contribution >= 0.6 is 11.6 Å². The third-order valence-electron chi connectivity index (χ3n) is 4.18. The van der Waals surface area contributed by atoms with Crippen molar-refractivity contribution in [1.29, 1.82) is 0 Å². The molecule has 0 amide bonds. The van der Waals surface area contributed by atoms with E-state index in [2.05, 4.69) is 15.3 Å². The molecule has 29 heavy (non-hydrogen) atoms. The minimum Gasteiger partial charge on any atom is -0.494 e. The number of nitrogens with zero attached hydrogens (tertiary/aromatic N) is 2. The Bertz CT molecular complexity index is 980. The van der Waals surface area contributed by atoms with Gasteiger partial charge in [0.15, 0.2) is 5.82 Å². The lowest BCUT2D eigenvalue weighted by Crippen LogP contribution is -2.07. The van der Waals surface area contributed by atoms with Crippen molar-refractivity contribution in [2.75, 3.05) is 24.2 Å². The maximum atomic E-state index is 14.1. The van der Waals surface area contributed by atoms with Gasteiger partial charge in [0.1, 0.15) is 17.3 Å². The van der Waals surface area contributed by atoms with Gasteiger partial charge in [0, 0.05) is 29.5 Å². The summed E-state index contributed by atoms with van der Waals surface area (Å²) in [5, 5.41) is 3.05. The SMILES string of the molecule is Cc1cc(N)cc(OCCCCNc2cc(F)ccc2-c2nc(Cl)ncc2F)c1. The first-order valence-corrected chi connectivity index (χ1v) is 9.52. The first-order valence-electron chi connectivity index (χ1n) is 9.14. The predicted molar refractivity (Wildman–Crippen MR) is 111 cm³/mol. The number of aromatic nitrogens is 2. The number of hydrogen-bond donors (Lipinski definition) is 2. The highest BCUT2D eigenvalue weighted by molar-refractivity contribution is 6.28. The summed E-state index contributed by atoms with van der Waals surface area (Å²) in [7, 11) is 0. The summed E-state index contributed by atoms with van der Waals surface area (Å²) in [6.07, 6.45) is 2.54. The molecule has 3 aromatic rings. The van der Waals surface area contributed by atoms with Crippen LogP contribution in [0.2, 0.25) is 5.28 Å². The van der Waals surface area contributed by atoms with Crippen molar-refractivity contribution in [1.82, 2.24) is 9.97 Å². The highest BCUT2D eigenvalue weighted by Crippen LogP contribution is 2.30. The molecular formula is C21H21ClF2N4O. The van der Waals surface area contributed by atoms with Gasteiger partial charge in [-0.2, -0.15) is 0 Å². The molecular weight excluding hydrogens is 398 g/mol. The van der Waals surface area contributed by atoms with Crippen molar-refractivity contribution in [2.45, 2.75) is 19.8 Å². The minimum atomic E-state index is -0.630. The molecule has 0 fully saturated rings. The highest BCUT2D eigenvalue weighted by atomic mass is 35.5. The maximum Gasteiger partial charge on any atom is 0.223 e. The number of nitrogens with one attached hydrogen (secondary N) is 1. The standard InChI is InChI=1S/C21H21ClF2N4O/c1-13-8-15(25)11-16(9-13)29-7-3-2-6-26-19-10-14(23)4-5-17(19)20-18(24)12-27-21(22)28-20/h4-5,8-12,26H,2-3,6-7,25H2,1H3. The molecule has 8 heteroatoms. The molecule has 0 radical (unpaired) electrons. The van der Waals surface area contributed by atoms with Crippen molar-refractivity contribution in [2.24, 2.45) is 0 Å². The molecule has 3 N–H and O–H groups in total. The summed E-state index contributed by atoms with van der Waals surface area (Å²) >= 11 is 5.78. The molecule has 5 nitrogen and oxygen atoms in total. The fraction of sp³-hybridized carbons (Fsp3) is 0.238. The molecule has 2 aromatic carbocycles. The van der Waals surface area contributed by atoms with Gasteiger partial charge in [-0.05, 0) is 67.3 Å². The molecule has 0 saturated carbocycles. The number of hydrogen-bond acceptors (Lipinski definition) is 5. The Labute approximate surface area is 172 Å². The number of benzene rings is 2. The molecule has 0 aliphatic rings. The number of unbranched alkanes of at least 4 members (excludes halogenated alkanes) is 1. The molecule has 0 bridgehead atoms. The van der Waals surface area contributed by atoms with E-state index in [0.29, 0.717) is 30.1 Å². The molecule has 0 spiro atoms. The summed E-state index contributed by atoms with van der Waals surface area (Å²) in [5.41, 5.74) is 8.38. The first-order chi connectivity index (χ1) is 13.9. The van der Waals surface area contributed by atoms with Crippen LogP contribution in [-0.2, 0) is 0 Å². The van der Waals surface area contributed by atoms with E-state index in [-0.39, 0.29) is 11.0 Å². The van der Waals surface area contributed by atoms with Gasteiger partial charge in [0.2, 0.25) is 5.28 Å². The van der Waals surface area contributed by atoms with Crippen molar-refractivity contribution in [3.05, 3.63) is 65.1 Å².